The van der Waals surface area contributed by atoms with Crippen LogP contribution in [0.15, 0.2) is 30.5 Å². The third-order valence-corrected chi connectivity index (χ3v) is 3.36. The summed E-state index contributed by atoms with van der Waals surface area (Å²) in [6, 6.07) is 6.97. The van der Waals surface area contributed by atoms with Crippen LogP contribution in [0.4, 0.5) is 10.7 Å². The molecule has 2 heterocycles. The van der Waals surface area contributed by atoms with Crippen molar-refractivity contribution in [3.63, 3.8) is 0 Å². The first kappa shape index (κ1) is 15.0. The van der Waals surface area contributed by atoms with Gasteiger partial charge in [-0.2, -0.15) is 10.1 Å². The normalized spacial score (nSPS) is 10.5. The van der Waals surface area contributed by atoms with E-state index in [1.807, 2.05) is 12.1 Å². The van der Waals surface area contributed by atoms with Crippen LogP contribution in [0.25, 0.3) is 11.3 Å². The van der Waals surface area contributed by atoms with Crippen LogP contribution in [0.5, 0.6) is 0 Å². The van der Waals surface area contributed by atoms with E-state index in [9.17, 15) is 4.79 Å². The minimum absolute atomic E-state index is 0.227. The number of nitrogens with one attached hydrogen (secondary N) is 4. The Kier molecular flexibility index (Phi) is 4.24. The second-order valence-electron chi connectivity index (χ2n) is 4.83. The molecule has 0 saturated carbocycles. The van der Waals surface area contributed by atoms with Crippen molar-refractivity contribution in [3.8, 4) is 11.3 Å². The summed E-state index contributed by atoms with van der Waals surface area (Å²) in [6.45, 7) is 2.06. The molecular formula is C14H14ClN7O. The first-order valence-electron chi connectivity index (χ1n) is 6.84. The predicted molar refractivity (Wildman–Crippen MR) is 86.0 cm³/mol. The van der Waals surface area contributed by atoms with Gasteiger partial charge in [0.2, 0.25) is 5.95 Å². The van der Waals surface area contributed by atoms with Gasteiger partial charge in [-0.1, -0.05) is 23.7 Å². The fourth-order valence-corrected chi connectivity index (χ4v) is 2.16. The van der Waals surface area contributed by atoms with Gasteiger partial charge < -0.3 is 5.32 Å². The van der Waals surface area contributed by atoms with E-state index >= 15 is 0 Å². The summed E-state index contributed by atoms with van der Waals surface area (Å²) in [5, 5.41) is 19.4. The number of hydrogen-bond acceptors (Lipinski definition) is 4. The summed E-state index contributed by atoms with van der Waals surface area (Å²) in [4.78, 5) is 15.8. The molecule has 0 unspecified atom stereocenters. The zero-order valence-electron chi connectivity index (χ0n) is 12.2. The number of nitrogens with zero attached hydrogens (tertiary/aromatic N) is 3. The summed E-state index contributed by atoms with van der Waals surface area (Å²) in [5.41, 5.74) is 2.62. The fraction of sp³-hybridized carbons (Fsp3) is 0.143. The molecule has 9 heteroatoms. The van der Waals surface area contributed by atoms with Gasteiger partial charge in [0.05, 0.1) is 11.9 Å². The van der Waals surface area contributed by atoms with Crippen molar-refractivity contribution in [2.45, 2.75) is 13.5 Å². The Morgan fingerprint density at radius 1 is 1.26 bits per heavy atom. The van der Waals surface area contributed by atoms with Crippen LogP contribution in [0, 0.1) is 6.92 Å². The zero-order valence-corrected chi connectivity index (χ0v) is 13.0. The number of urea groups is 1. The van der Waals surface area contributed by atoms with Gasteiger partial charge in [0.25, 0.3) is 0 Å². The lowest BCUT2D eigenvalue weighted by molar-refractivity contribution is 0.251. The number of hydrogen-bond donors (Lipinski definition) is 4. The molecular weight excluding hydrogens is 318 g/mol. The third-order valence-electron chi connectivity index (χ3n) is 3.11. The van der Waals surface area contributed by atoms with E-state index in [-0.39, 0.29) is 5.95 Å². The van der Waals surface area contributed by atoms with Gasteiger partial charge in [-0.3, -0.25) is 15.5 Å². The van der Waals surface area contributed by atoms with Crippen LogP contribution in [0.1, 0.15) is 11.4 Å². The Hall–Kier alpha value is -2.87. The average molecular weight is 332 g/mol. The molecule has 0 bridgehead atoms. The molecule has 0 saturated heterocycles. The largest absolute Gasteiger partial charge is 0.334 e. The van der Waals surface area contributed by atoms with Gasteiger partial charge in [-0.05, 0) is 24.6 Å². The monoisotopic (exact) mass is 331 g/mol. The topological polar surface area (TPSA) is 111 Å². The summed E-state index contributed by atoms with van der Waals surface area (Å²) in [6.07, 6.45) is 1.67. The molecule has 0 spiro atoms. The number of rotatable bonds is 4. The second kappa shape index (κ2) is 6.49. The van der Waals surface area contributed by atoms with E-state index in [1.54, 1.807) is 25.3 Å². The van der Waals surface area contributed by atoms with Gasteiger partial charge >= 0.3 is 6.03 Å². The molecule has 1 aromatic carbocycles. The molecule has 0 atom stereocenters. The Balaban J connectivity index is 1.64. The predicted octanol–water partition coefficient (Wildman–Crippen LogP) is 2.48. The number of carbonyl (C=O) groups excluding carboxylic acids is 1. The van der Waals surface area contributed by atoms with Gasteiger partial charge in [0.1, 0.15) is 5.82 Å². The highest BCUT2D eigenvalue weighted by Gasteiger charge is 2.10. The maximum Gasteiger partial charge on any atom is 0.321 e. The van der Waals surface area contributed by atoms with Crippen LogP contribution in [-0.2, 0) is 6.54 Å². The molecule has 0 radical (unpaired) electrons. The lowest BCUT2D eigenvalue weighted by atomic mass is 10.1. The van der Waals surface area contributed by atoms with Gasteiger partial charge in [0, 0.05) is 17.1 Å². The molecule has 3 aromatic rings. The molecule has 0 aliphatic rings. The van der Waals surface area contributed by atoms with Gasteiger partial charge in [-0.15, -0.1) is 5.10 Å². The van der Waals surface area contributed by atoms with Crippen molar-refractivity contribution in [3.05, 3.63) is 46.9 Å². The van der Waals surface area contributed by atoms with E-state index in [2.05, 4.69) is 36.0 Å². The molecule has 3 rings (SSSR count). The molecule has 0 fully saturated rings. The standard InChI is InChI=1S/C14H14ClN7O/c1-8-18-13(22-20-8)19-14(23)16-6-10-7-17-21-12(10)9-2-4-11(15)5-3-9/h2-5,7H,6H2,1H3,(H,17,21)(H3,16,18,19,20,22,23). The third kappa shape index (κ3) is 3.67. The van der Waals surface area contributed by atoms with E-state index < -0.39 is 6.03 Å². The van der Waals surface area contributed by atoms with Crippen molar-refractivity contribution in [2.75, 3.05) is 5.32 Å². The highest BCUT2D eigenvalue weighted by atomic mass is 35.5. The van der Waals surface area contributed by atoms with Crippen LogP contribution in [0.2, 0.25) is 5.02 Å². The number of halogens is 1. The van der Waals surface area contributed by atoms with Crippen molar-refractivity contribution in [1.29, 1.82) is 0 Å². The molecule has 2 amide bonds. The SMILES string of the molecule is Cc1nc(NC(=O)NCc2cn[nH]c2-c2ccc(Cl)cc2)n[nH]1. The Morgan fingerprint density at radius 2 is 2.04 bits per heavy atom. The van der Waals surface area contributed by atoms with Crippen molar-refractivity contribution in [1.82, 2.24) is 30.7 Å². The molecule has 118 valence electrons. The lowest BCUT2D eigenvalue weighted by Gasteiger charge is -2.06. The van der Waals surface area contributed by atoms with Gasteiger partial charge in [-0.25, -0.2) is 4.79 Å². The molecule has 8 nitrogen and oxygen atoms in total. The Bertz CT molecular complexity index is 809. The number of amides is 2. The van der Waals surface area contributed by atoms with Crippen LogP contribution >= 0.6 is 11.6 Å². The van der Waals surface area contributed by atoms with E-state index in [0.717, 1.165) is 16.8 Å². The Morgan fingerprint density at radius 3 is 2.74 bits per heavy atom. The molecule has 2 aromatic heterocycles. The van der Waals surface area contributed by atoms with Crippen molar-refractivity contribution in [2.24, 2.45) is 0 Å². The van der Waals surface area contributed by atoms with Crippen LogP contribution in [0.3, 0.4) is 0 Å². The smallest absolute Gasteiger partial charge is 0.321 e. The van der Waals surface area contributed by atoms with Gasteiger partial charge in [0.15, 0.2) is 0 Å². The van der Waals surface area contributed by atoms with Crippen molar-refractivity contribution < 1.29 is 4.79 Å². The number of anilines is 1. The van der Waals surface area contributed by atoms with E-state index in [4.69, 9.17) is 11.6 Å². The van der Waals surface area contributed by atoms with Crippen molar-refractivity contribution >= 4 is 23.6 Å². The first-order chi connectivity index (χ1) is 11.1. The number of aryl methyl sites for hydroxylation is 1. The molecule has 0 aliphatic heterocycles. The molecule has 23 heavy (non-hydrogen) atoms. The van der Waals surface area contributed by atoms with E-state index in [1.165, 1.54) is 0 Å². The second-order valence-corrected chi connectivity index (χ2v) is 5.27. The van der Waals surface area contributed by atoms with Crippen LogP contribution in [-0.4, -0.2) is 31.4 Å². The summed E-state index contributed by atoms with van der Waals surface area (Å²) < 4.78 is 0. The highest BCUT2D eigenvalue weighted by Crippen LogP contribution is 2.22. The molecule has 4 N–H and O–H groups in total. The number of aromatic nitrogens is 5. The summed E-state index contributed by atoms with van der Waals surface area (Å²) in [5.74, 6) is 0.852. The lowest BCUT2D eigenvalue weighted by Crippen LogP contribution is -2.28. The summed E-state index contributed by atoms with van der Waals surface area (Å²) in [7, 11) is 0. The first-order valence-corrected chi connectivity index (χ1v) is 7.21. The number of benzene rings is 1. The Labute approximate surface area is 136 Å². The number of carbonyl (C=O) groups is 1. The highest BCUT2D eigenvalue weighted by molar-refractivity contribution is 6.30. The maximum absolute atomic E-state index is 11.8. The zero-order chi connectivity index (χ0) is 16.2. The number of aromatic amines is 2. The number of H-pyrrole nitrogens is 2. The van der Waals surface area contributed by atoms with Crippen LogP contribution < -0.4 is 10.6 Å². The minimum atomic E-state index is -0.396. The minimum Gasteiger partial charge on any atom is -0.334 e. The fourth-order valence-electron chi connectivity index (χ4n) is 2.03. The quantitative estimate of drug-likeness (QED) is 0.588. The maximum atomic E-state index is 11.8. The summed E-state index contributed by atoms with van der Waals surface area (Å²) >= 11 is 5.89. The average Bonchev–Trinajstić information content (AvgIpc) is 3.15. The van der Waals surface area contributed by atoms with E-state index in [0.29, 0.717) is 17.4 Å². The molecule has 0 aliphatic carbocycles.